The predicted octanol–water partition coefficient (Wildman–Crippen LogP) is 3.40. The molecule has 0 spiro atoms. The van der Waals surface area contributed by atoms with E-state index in [1.165, 1.54) is 0 Å². The highest BCUT2D eigenvalue weighted by Crippen LogP contribution is 2.23. The van der Waals surface area contributed by atoms with Crippen molar-refractivity contribution in [2.24, 2.45) is 0 Å². The monoisotopic (exact) mass is 263 g/mol. The van der Waals surface area contributed by atoms with Gasteiger partial charge in [-0.15, -0.1) is 0 Å². The summed E-state index contributed by atoms with van der Waals surface area (Å²) in [4.78, 5) is 11.2. The third-order valence-electron chi connectivity index (χ3n) is 2.75. The van der Waals surface area contributed by atoms with E-state index in [1.54, 1.807) is 26.2 Å². The highest BCUT2D eigenvalue weighted by molar-refractivity contribution is 6.30. The van der Waals surface area contributed by atoms with E-state index in [9.17, 15) is 4.79 Å². The Kier molecular flexibility index (Phi) is 3.72. The summed E-state index contributed by atoms with van der Waals surface area (Å²) in [6, 6.07) is 7.31. The van der Waals surface area contributed by atoms with Crippen LogP contribution >= 0.6 is 11.6 Å². The van der Waals surface area contributed by atoms with Crippen LogP contribution in [0.5, 0.6) is 5.75 Å². The fourth-order valence-electron chi connectivity index (χ4n) is 1.81. The average molecular weight is 264 g/mol. The van der Waals surface area contributed by atoms with Crippen molar-refractivity contribution in [3.05, 3.63) is 52.8 Å². The first-order valence-corrected chi connectivity index (χ1v) is 5.97. The van der Waals surface area contributed by atoms with Gasteiger partial charge < -0.3 is 9.30 Å². The molecule has 94 valence electrons. The van der Waals surface area contributed by atoms with Gasteiger partial charge in [-0.05, 0) is 31.2 Å². The second-order valence-corrected chi connectivity index (χ2v) is 4.52. The Morgan fingerprint density at radius 2 is 2.17 bits per heavy atom. The van der Waals surface area contributed by atoms with Gasteiger partial charge in [-0.25, -0.2) is 0 Å². The number of ketones is 1. The van der Waals surface area contributed by atoms with Crippen LogP contribution in [0.4, 0.5) is 0 Å². The van der Waals surface area contributed by atoms with Gasteiger partial charge in [0.25, 0.3) is 0 Å². The number of ether oxygens (including phenoxy) is 1. The molecule has 3 nitrogen and oxygen atoms in total. The minimum atomic E-state index is 0.0619. The van der Waals surface area contributed by atoms with Crippen LogP contribution in [0.15, 0.2) is 36.7 Å². The fourth-order valence-corrected chi connectivity index (χ4v) is 2.01. The average Bonchev–Trinajstić information content (AvgIpc) is 2.78. The van der Waals surface area contributed by atoms with E-state index in [4.69, 9.17) is 16.3 Å². The Morgan fingerprint density at radius 3 is 2.78 bits per heavy atom. The van der Waals surface area contributed by atoms with Crippen molar-refractivity contribution < 1.29 is 9.53 Å². The van der Waals surface area contributed by atoms with Crippen LogP contribution in [0.1, 0.15) is 22.8 Å². The van der Waals surface area contributed by atoms with Crippen LogP contribution in [0, 0.1) is 0 Å². The summed E-state index contributed by atoms with van der Waals surface area (Å²) in [6.45, 7) is 2.18. The Balaban J connectivity index is 2.27. The molecule has 0 radical (unpaired) electrons. The van der Waals surface area contributed by atoms with Crippen LogP contribution in [0.2, 0.25) is 5.02 Å². The lowest BCUT2D eigenvalue weighted by Gasteiger charge is -2.09. The summed E-state index contributed by atoms with van der Waals surface area (Å²) in [5, 5.41) is 0.671. The summed E-state index contributed by atoms with van der Waals surface area (Å²) in [5.41, 5.74) is 1.69. The zero-order valence-electron chi connectivity index (χ0n) is 10.3. The van der Waals surface area contributed by atoms with E-state index < -0.39 is 0 Å². The number of rotatable bonds is 4. The van der Waals surface area contributed by atoms with E-state index in [2.05, 4.69) is 0 Å². The molecule has 18 heavy (non-hydrogen) atoms. The minimum Gasteiger partial charge on any atom is -0.496 e. The number of aromatic nitrogens is 1. The third-order valence-corrected chi connectivity index (χ3v) is 2.99. The predicted molar refractivity (Wildman–Crippen MR) is 71.5 cm³/mol. The van der Waals surface area contributed by atoms with Crippen molar-refractivity contribution in [3.63, 3.8) is 0 Å². The van der Waals surface area contributed by atoms with Crippen molar-refractivity contribution in [3.8, 4) is 5.75 Å². The van der Waals surface area contributed by atoms with Crippen molar-refractivity contribution in [2.45, 2.75) is 13.5 Å². The van der Waals surface area contributed by atoms with Crippen molar-refractivity contribution in [2.75, 3.05) is 7.11 Å². The summed E-state index contributed by atoms with van der Waals surface area (Å²) >= 11 is 5.98. The van der Waals surface area contributed by atoms with Gasteiger partial charge in [0.2, 0.25) is 0 Å². The van der Waals surface area contributed by atoms with Gasteiger partial charge in [-0.3, -0.25) is 4.79 Å². The number of benzene rings is 1. The molecule has 1 aromatic heterocycles. The molecule has 0 saturated heterocycles. The summed E-state index contributed by atoms with van der Waals surface area (Å²) in [5.74, 6) is 0.851. The quantitative estimate of drug-likeness (QED) is 0.792. The molecule has 2 rings (SSSR count). The Morgan fingerprint density at radius 1 is 1.39 bits per heavy atom. The number of methoxy groups -OCH3 is 1. The second kappa shape index (κ2) is 5.27. The first-order valence-electron chi connectivity index (χ1n) is 5.59. The highest BCUT2D eigenvalue weighted by Gasteiger charge is 2.06. The summed E-state index contributed by atoms with van der Waals surface area (Å²) in [6.07, 6.45) is 3.69. The number of hydrogen-bond acceptors (Lipinski definition) is 2. The molecule has 1 aromatic carbocycles. The molecule has 0 bridgehead atoms. The lowest BCUT2D eigenvalue weighted by Crippen LogP contribution is -2.00. The lowest BCUT2D eigenvalue weighted by molar-refractivity contribution is 0.101. The molecule has 2 aromatic rings. The van der Waals surface area contributed by atoms with E-state index in [1.807, 2.05) is 29.1 Å². The van der Waals surface area contributed by atoms with Gasteiger partial charge in [0, 0.05) is 28.5 Å². The molecular weight excluding hydrogens is 250 g/mol. The number of carbonyl (C=O) groups is 1. The van der Waals surface area contributed by atoms with E-state index in [-0.39, 0.29) is 5.78 Å². The molecule has 0 N–H and O–H groups in total. The number of halogens is 1. The zero-order valence-corrected chi connectivity index (χ0v) is 11.1. The molecule has 0 unspecified atom stereocenters. The summed E-state index contributed by atoms with van der Waals surface area (Å²) in [7, 11) is 1.63. The minimum absolute atomic E-state index is 0.0619. The Hall–Kier alpha value is -1.74. The smallest absolute Gasteiger partial charge is 0.161 e. The van der Waals surface area contributed by atoms with E-state index >= 15 is 0 Å². The molecule has 0 saturated carbocycles. The van der Waals surface area contributed by atoms with E-state index in [0.29, 0.717) is 17.1 Å². The molecule has 0 amide bonds. The largest absolute Gasteiger partial charge is 0.496 e. The van der Waals surface area contributed by atoms with Crippen molar-refractivity contribution >= 4 is 17.4 Å². The van der Waals surface area contributed by atoms with Crippen LogP contribution in [0.25, 0.3) is 0 Å². The first kappa shape index (κ1) is 12.7. The van der Waals surface area contributed by atoms with Crippen molar-refractivity contribution in [1.82, 2.24) is 4.57 Å². The van der Waals surface area contributed by atoms with Gasteiger partial charge >= 0.3 is 0 Å². The molecule has 0 fully saturated rings. The molecule has 0 atom stereocenters. The second-order valence-electron chi connectivity index (χ2n) is 4.08. The number of carbonyl (C=O) groups excluding carboxylic acids is 1. The maximum atomic E-state index is 11.2. The van der Waals surface area contributed by atoms with Gasteiger partial charge in [0.1, 0.15) is 5.75 Å². The number of Topliss-reactive ketones (excluding diaryl/α,β-unsaturated/α-hetero) is 1. The van der Waals surface area contributed by atoms with Crippen LogP contribution in [-0.4, -0.2) is 17.5 Å². The zero-order chi connectivity index (χ0) is 13.1. The molecule has 0 aliphatic rings. The molecule has 0 aliphatic carbocycles. The molecule has 1 heterocycles. The maximum Gasteiger partial charge on any atom is 0.161 e. The topological polar surface area (TPSA) is 31.2 Å². The van der Waals surface area contributed by atoms with Gasteiger partial charge in [-0.1, -0.05) is 11.6 Å². The van der Waals surface area contributed by atoms with Crippen LogP contribution < -0.4 is 4.74 Å². The Bertz CT molecular complexity index is 575. The number of nitrogens with zero attached hydrogens (tertiary/aromatic N) is 1. The standard InChI is InChI=1S/C14H14ClNO2/c1-10(17)11-5-6-16(8-11)9-12-7-13(15)3-4-14(12)18-2/h3-8H,9H2,1-2H3. The number of hydrogen-bond donors (Lipinski definition) is 0. The van der Waals surface area contributed by atoms with Crippen molar-refractivity contribution in [1.29, 1.82) is 0 Å². The third kappa shape index (κ3) is 2.74. The fraction of sp³-hybridized carbons (Fsp3) is 0.214. The Labute approximate surface area is 111 Å². The van der Waals surface area contributed by atoms with Crippen LogP contribution in [-0.2, 0) is 6.54 Å². The molecule has 4 heteroatoms. The van der Waals surface area contributed by atoms with E-state index in [0.717, 1.165) is 11.3 Å². The van der Waals surface area contributed by atoms with Gasteiger partial charge in [-0.2, -0.15) is 0 Å². The lowest BCUT2D eigenvalue weighted by atomic mass is 10.2. The first-order chi connectivity index (χ1) is 8.60. The van der Waals surface area contributed by atoms with Crippen LogP contribution in [0.3, 0.4) is 0 Å². The van der Waals surface area contributed by atoms with Gasteiger partial charge in [0.15, 0.2) is 5.78 Å². The normalized spacial score (nSPS) is 10.4. The molecule has 0 aliphatic heterocycles. The molecular formula is C14H14ClNO2. The maximum absolute atomic E-state index is 11.2. The summed E-state index contributed by atoms with van der Waals surface area (Å²) < 4.78 is 7.22. The highest BCUT2D eigenvalue weighted by atomic mass is 35.5. The van der Waals surface area contributed by atoms with Gasteiger partial charge in [0.05, 0.1) is 13.7 Å². The SMILES string of the molecule is COc1ccc(Cl)cc1Cn1ccc(C(C)=O)c1.